The molecule has 3 fully saturated rings. The van der Waals surface area contributed by atoms with Crippen LogP contribution in [0.1, 0.15) is 12.0 Å². The standard InChI is InChI=1S/C22H21N7/c1-2-15(9-23-6-1)11-29-17-8-18(29)13-28(12-17)20-4-3-16(10-25-20)21-19-5-7-24-22(19)27-14-26-21/h1-7,9-10,14,17-18H,8,11-13H2,(H,24,26,27). The summed E-state index contributed by atoms with van der Waals surface area (Å²) in [6.45, 7) is 3.04. The van der Waals surface area contributed by atoms with E-state index in [9.17, 15) is 0 Å². The van der Waals surface area contributed by atoms with Crippen molar-refractivity contribution in [2.45, 2.75) is 25.0 Å². The number of hydrogen-bond donors (Lipinski definition) is 1. The average molecular weight is 383 g/mol. The van der Waals surface area contributed by atoms with Crippen LogP contribution in [0.3, 0.4) is 0 Å². The van der Waals surface area contributed by atoms with Gasteiger partial charge in [0.1, 0.15) is 17.8 Å². The minimum Gasteiger partial charge on any atom is -0.353 e. The van der Waals surface area contributed by atoms with Gasteiger partial charge in [-0.15, -0.1) is 0 Å². The lowest BCUT2D eigenvalue weighted by Gasteiger charge is -2.56. The van der Waals surface area contributed by atoms with Crippen LogP contribution in [0.25, 0.3) is 22.3 Å². The molecule has 7 heteroatoms. The summed E-state index contributed by atoms with van der Waals surface area (Å²) in [5, 5.41) is 1.02. The molecule has 0 aliphatic carbocycles. The molecule has 0 amide bonds. The number of aromatic nitrogens is 5. The minimum atomic E-state index is 0.594. The highest BCUT2D eigenvalue weighted by molar-refractivity contribution is 5.90. The lowest BCUT2D eigenvalue weighted by Crippen LogP contribution is -2.68. The first-order valence-corrected chi connectivity index (χ1v) is 9.99. The number of H-pyrrole nitrogens is 1. The van der Waals surface area contributed by atoms with E-state index in [1.807, 2.05) is 36.9 Å². The molecule has 2 unspecified atom stereocenters. The summed E-state index contributed by atoms with van der Waals surface area (Å²) in [6, 6.07) is 11.6. The smallest absolute Gasteiger partial charge is 0.141 e. The van der Waals surface area contributed by atoms with Gasteiger partial charge in [-0.3, -0.25) is 9.88 Å². The fourth-order valence-corrected chi connectivity index (χ4v) is 4.65. The maximum atomic E-state index is 4.76. The molecule has 2 atom stereocenters. The molecule has 29 heavy (non-hydrogen) atoms. The van der Waals surface area contributed by atoms with E-state index in [-0.39, 0.29) is 0 Å². The SMILES string of the molecule is c1cncc(CN2C3CC2CN(c2ccc(-c4ncnc5[nH]ccc45)cn2)C3)c1. The first-order chi connectivity index (χ1) is 14.3. The van der Waals surface area contributed by atoms with Gasteiger partial charge in [0.15, 0.2) is 0 Å². The number of anilines is 1. The summed E-state index contributed by atoms with van der Waals surface area (Å²) in [4.78, 5) is 25.9. The number of piperazine rings is 1. The lowest BCUT2D eigenvalue weighted by atomic mass is 9.87. The normalized spacial score (nSPS) is 21.3. The van der Waals surface area contributed by atoms with Crippen molar-refractivity contribution in [3.05, 3.63) is 67.0 Å². The molecule has 3 aliphatic heterocycles. The fourth-order valence-electron chi connectivity index (χ4n) is 4.65. The Labute approximate surface area is 168 Å². The number of aromatic amines is 1. The van der Waals surface area contributed by atoms with Gasteiger partial charge in [0, 0.05) is 67.5 Å². The molecule has 0 spiro atoms. The van der Waals surface area contributed by atoms with Crippen LogP contribution < -0.4 is 4.90 Å². The predicted octanol–water partition coefficient (Wildman–Crippen LogP) is 2.88. The van der Waals surface area contributed by atoms with Gasteiger partial charge in [-0.25, -0.2) is 15.0 Å². The Balaban J connectivity index is 1.18. The second-order valence-electron chi connectivity index (χ2n) is 7.85. The molecular formula is C22H21N7. The number of nitrogens with one attached hydrogen (secondary N) is 1. The number of rotatable bonds is 4. The Morgan fingerprint density at radius 2 is 1.93 bits per heavy atom. The maximum absolute atomic E-state index is 4.76. The topological polar surface area (TPSA) is 73.8 Å². The van der Waals surface area contributed by atoms with E-state index < -0.39 is 0 Å². The molecule has 7 nitrogen and oxygen atoms in total. The first-order valence-electron chi connectivity index (χ1n) is 9.99. The van der Waals surface area contributed by atoms with E-state index in [1.165, 1.54) is 12.0 Å². The van der Waals surface area contributed by atoms with Gasteiger partial charge < -0.3 is 9.88 Å². The summed E-state index contributed by atoms with van der Waals surface area (Å²) in [6.07, 6.45) is 10.5. The largest absolute Gasteiger partial charge is 0.353 e. The molecular weight excluding hydrogens is 362 g/mol. The molecule has 4 aromatic rings. The third-order valence-corrected chi connectivity index (χ3v) is 6.13. The summed E-state index contributed by atoms with van der Waals surface area (Å²) in [5.74, 6) is 1.05. The Hall–Kier alpha value is -3.32. The monoisotopic (exact) mass is 383 g/mol. The van der Waals surface area contributed by atoms with Crippen LogP contribution in [0.2, 0.25) is 0 Å². The number of piperidine rings is 1. The number of nitrogens with zero attached hydrogens (tertiary/aromatic N) is 6. The Morgan fingerprint density at radius 3 is 2.72 bits per heavy atom. The van der Waals surface area contributed by atoms with E-state index in [4.69, 9.17) is 4.98 Å². The summed E-state index contributed by atoms with van der Waals surface area (Å²) in [5.41, 5.74) is 4.07. The van der Waals surface area contributed by atoms with Crippen LogP contribution in [0, 0.1) is 0 Å². The molecule has 1 N–H and O–H groups in total. The van der Waals surface area contributed by atoms with E-state index in [1.54, 1.807) is 6.33 Å². The minimum absolute atomic E-state index is 0.594. The van der Waals surface area contributed by atoms with Gasteiger partial charge >= 0.3 is 0 Å². The molecule has 2 bridgehead atoms. The molecule has 3 saturated heterocycles. The van der Waals surface area contributed by atoms with Gasteiger partial charge in [0.05, 0.1) is 5.69 Å². The number of fused-ring (bicyclic) bond motifs is 3. The summed E-state index contributed by atoms with van der Waals surface area (Å²) >= 11 is 0. The molecule has 0 radical (unpaired) electrons. The molecule has 7 heterocycles. The third kappa shape index (κ3) is 2.86. The van der Waals surface area contributed by atoms with Crippen LogP contribution in [0.5, 0.6) is 0 Å². The van der Waals surface area contributed by atoms with E-state index in [0.29, 0.717) is 12.1 Å². The fraction of sp³-hybridized carbons (Fsp3) is 0.273. The van der Waals surface area contributed by atoms with Crippen molar-refractivity contribution < 1.29 is 0 Å². The van der Waals surface area contributed by atoms with Crippen LogP contribution in [-0.4, -0.2) is 55.0 Å². The zero-order valence-corrected chi connectivity index (χ0v) is 15.9. The van der Waals surface area contributed by atoms with Crippen LogP contribution in [-0.2, 0) is 6.54 Å². The van der Waals surface area contributed by atoms with Crippen molar-refractivity contribution in [2.24, 2.45) is 0 Å². The Kier molecular flexibility index (Phi) is 3.80. The van der Waals surface area contributed by atoms with Crippen molar-refractivity contribution in [2.75, 3.05) is 18.0 Å². The van der Waals surface area contributed by atoms with Crippen LogP contribution in [0.15, 0.2) is 61.4 Å². The summed E-state index contributed by atoms with van der Waals surface area (Å²) < 4.78 is 0. The van der Waals surface area contributed by atoms with Crippen molar-refractivity contribution >= 4 is 16.9 Å². The highest BCUT2D eigenvalue weighted by Crippen LogP contribution is 2.35. The van der Waals surface area contributed by atoms with Gasteiger partial charge in [0.25, 0.3) is 0 Å². The second-order valence-corrected chi connectivity index (χ2v) is 7.85. The maximum Gasteiger partial charge on any atom is 0.141 e. The Bertz CT molecular complexity index is 1130. The van der Waals surface area contributed by atoms with Crippen molar-refractivity contribution in [1.82, 2.24) is 29.8 Å². The molecule has 4 aromatic heterocycles. The van der Waals surface area contributed by atoms with Gasteiger partial charge in [-0.1, -0.05) is 6.07 Å². The van der Waals surface area contributed by atoms with E-state index in [2.05, 4.69) is 47.9 Å². The highest BCUT2D eigenvalue weighted by atomic mass is 15.4. The summed E-state index contributed by atoms with van der Waals surface area (Å²) in [7, 11) is 0. The van der Waals surface area contributed by atoms with Crippen molar-refractivity contribution in [3.8, 4) is 11.3 Å². The van der Waals surface area contributed by atoms with Crippen LogP contribution in [0.4, 0.5) is 5.82 Å². The van der Waals surface area contributed by atoms with Crippen LogP contribution >= 0.6 is 0 Å². The zero-order chi connectivity index (χ0) is 19.2. The first kappa shape index (κ1) is 16.6. The van der Waals surface area contributed by atoms with Gasteiger partial charge in [0.2, 0.25) is 0 Å². The number of hydrogen-bond acceptors (Lipinski definition) is 6. The molecule has 7 rings (SSSR count). The van der Waals surface area contributed by atoms with Crippen molar-refractivity contribution in [1.29, 1.82) is 0 Å². The van der Waals surface area contributed by atoms with Gasteiger partial charge in [-0.2, -0.15) is 0 Å². The number of pyridine rings is 2. The molecule has 3 aliphatic rings. The molecule has 0 aromatic carbocycles. The van der Waals surface area contributed by atoms with Crippen molar-refractivity contribution in [3.63, 3.8) is 0 Å². The Morgan fingerprint density at radius 1 is 1.00 bits per heavy atom. The quantitative estimate of drug-likeness (QED) is 0.584. The lowest BCUT2D eigenvalue weighted by molar-refractivity contribution is -0.00875. The predicted molar refractivity (Wildman–Crippen MR) is 111 cm³/mol. The average Bonchev–Trinajstić information content (AvgIpc) is 3.27. The second kappa shape index (κ2) is 6.63. The van der Waals surface area contributed by atoms with E-state index in [0.717, 1.165) is 47.7 Å². The molecule has 144 valence electrons. The zero-order valence-electron chi connectivity index (χ0n) is 15.9. The highest BCUT2D eigenvalue weighted by Gasteiger charge is 2.44. The van der Waals surface area contributed by atoms with Gasteiger partial charge in [-0.05, 0) is 36.2 Å². The molecule has 0 saturated carbocycles. The third-order valence-electron chi connectivity index (χ3n) is 6.13. The van der Waals surface area contributed by atoms with E-state index >= 15 is 0 Å².